The second kappa shape index (κ2) is 5.29. The molecule has 104 valence electrons. The van der Waals surface area contributed by atoms with Gasteiger partial charge < -0.3 is 11.5 Å². The first-order chi connectivity index (χ1) is 8.66. The van der Waals surface area contributed by atoms with E-state index in [0.29, 0.717) is 12.0 Å². The number of benzene rings is 1. The van der Waals surface area contributed by atoms with Crippen LogP contribution in [0, 0.1) is 6.92 Å². The Morgan fingerprint density at radius 2 is 1.89 bits per heavy atom. The van der Waals surface area contributed by atoms with Gasteiger partial charge >= 0.3 is 6.18 Å². The summed E-state index contributed by atoms with van der Waals surface area (Å²) >= 11 is 0. The summed E-state index contributed by atoms with van der Waals surface area (Å²) < 4.78 is 38.4. The fourth-order valence-electron chi connectivity index (χ4n) is 1.74. The molecule has 0 unspecified atom stereocenters. The fraction of sp³-hybridized carbons (Fsp3) is 0.333. The topological polar surface area (TPSA) is 81.5 Å². The molecule has 1 amide bonds. The van der Waals surface area contributed by atoms with Crippen LogP contribution in [0.1, 0.15) is 34.0 Å². The van der Waals surface area contributed by atoms with Crippen LogP contribution in [0.2, 0.25) is 0 Å². The Kier molecular flexibility index (Phi) is 4.18. The number of nitrogens with zero attached hydrogens (tertiary/aromatic N) is 1. The highest BCUT2D eigenvalue weighted by molar-refractivity contribution is 6.03. The van der Waals surface area contributed by atoms with Gasteiger partial charge in [0, 0.05) is 5.56 Å². The van der Waals surface area contributed by atoms with E-state index in [1.54, 1.807) is 6.92 Å². The lowest BCUT2D eigenvalue weighted by atomic mass is 9.97. The molecule has 0 aliphatic carbocycles. The third-order valence-corrected chi connectivity index (χ3v) is 2.60. The molecule has 0 aliphatic heterocycles. The van der Waals surface area contributed by atoms with Crippen molar-refractivity contribution >= 4 is 11.9 Å². The summed E-state index contributed by atoms with van der Waals surface area (Å²) in [5, 5.41) is 0. The number of guanidine groups is 1. The van der Waals surface area contributed by atoms with Gasteiger partial charge in [0.2, 0.25) is 0 Å². The number of carbonyl (C=O) groups is 1. The van der Waals surface area contributed by atoms with Crippen molar-refractivity contribution in [3.63, 3.8) is 0 Å². The molecular weight excluding hydrogens is 259 g/mol. The molecule has 0 fully saturated rings. The molecule has 4 N–H and O–H groups in total. The number of nitrogens with two attached hydrogens (primary N) is 2. The van der Waals surface area contributed by atoms with E-state index < -0.39 is 23.6 Å². The number of hydrogen-bond donors (Lipinski definition) is 2. The van der Waals surface area contributed by atoms with Crippen LogP contribution in [-0.2, 0) is 12.6 Å². The quantitative estimate of drug-likeness (QED) is 0.638. The molecule has 0 aliphatic rings. The molecule has 0 radical (unpaired) electrons. The van der Waals surface area contributed by atoms with Crippen molar-refractivity contribution in [1.82, 2.24) is 0 Å². The minimum atomic E-state index is -4.52. The number of aryl methyl sites for hydroxylation is 2. The van der Waals surface area contributed by atoms with Crippen molar-refractivity contribution < 1.29 is 18.0 Å². The number of aliphatic imine (C=N–C) groups is 1. The monoisotopic (exact) mass is 273 g/mol. The number of rotatable bonds is 2. The first-order valence-electron chi connectivity index (χ1n) is 5.51. The lowest BCUT2D eigenvalue weighted by molar-refractivity contribution is -0.138. The Labute approximate surface area is 108 Å². The molecule has 19 heavy (non-hydrogen) atoms. The lowest BCUT2D eigenvalue weighted by Crippen LogP contribution is -2.24. The van der Waals surface area contributed by atoms with Gasteiger partial charge in [-0.1, -0.05) is 13.0 Å². The summed E-state index contributed by atoms with van der Waals surface area (Å²) in [4.78, 5) is 15.0. The summed E-state index contributed by atoms with van der Waals surface area (Å²) in [5.74, 6) is -1.36. The van der Waals surface area contributed by atoms with Crippen LogP contribution in [0.15, 0.2) is 17.1 Å². The first-order valence-corrected chi connectivity index (χ1v) is 5.51. The number of amides is 1. The Morgan fingerprint density at radius 1 is 1.32 bits per heavy atom. The van der Waals surface area contributed by atoms with Gasteiger partial charge in [-0.25, -0.2) is 0 Å². The Morgan fingerprint density at radius 3 is 2.32 bits per heavy atom. The lowest BCUT2D eigenvalue weighted by Gasteiger charge is -2.14. The largest absolute Gasteiger partial charge is 0.416 e. The van der Waals surface area contributed by atoms with Crippen LogP contribution in [-0.4, -0.2) is 11.9 Å². The van der Waals surface area contributed by atoms with Crippen molar-refractivity contribution in [2.45, 2.75) is 26.4 Å². The van der Waals surface area contributed by atoms with E-state index >= 15 is 0 Å². The summed E-state index contributed by atoms with van der Waals surface area (Å²) in [5.41, 5.74) is 9.66. The normalized spacial score (nSPS) is 11.2. The predicted molar refractivity (Wildman–Crippen MR) is 65.7 cm³/mol. The van der Waals surface area contributed by atoms with Crippen LogP contribution in [0.4, 0.5) is 13.2 Å². The molecule has 0 heterocycles. The highest BCUT2D eigenvalue weighted by atomic mass is 19.4. The van der Waals surface area contributed by atoms with Crippen molar-refractivity contribution in [2.24, 2.45) is 16.5 Å². The van der Waals surface area contributed by atoms with Gasteiger partial charge in [-0.3, -0.25) is 4.79 Å². The SMILES string of the molecule is CCc1cc(C)c(C(F)(F)F)cc1C(=O)N=C(N)N. The van der Waals surface area contributed by atoms with E-state index in [-0.39, 0.29) is 11.1 Å². The number of hydrogen-bond acceptors (Lipinski definition) is 1. The molecule has 4 nitrogen and oxygen atoms in total. The fourth-order valence-corrected chi connectivity index (χ4v) is 1.74. The van der Waals surface area contributed by atoms with Crippen LogP contribution >= 0.6 is 0 Å². The van der Waals surface area contributed by atoms with Crippen molar-refractivity contribution in [2.75, 3.05) is 0 Å². The smallest absolute Gasteiger partial charge is 0.370 e. The molecule has 0 aromatic heterocycles. The van der Waals surface area contributed by atoms with Gasteiger partial charge in [0.1, 0.15) is 0 Å². The standard InChI is InChI=1S/C12H14F3N3O/c1-3-7-4-6(2)9(12(13,14)15)5-8(7)10(19)18-11(16)17/h4-5H,3H2,1-2H3,(H4,16,17,18,19). The second-order valence-corrected chi connectivity index (χ2v) is 4.02. The predicted octanol–water partition coefficient (Wildman–Crippen LogP) is 1.99. The summed E-state index contributed by atoms with van der Waals surface area (Å²) in [6.07, 6.45) is -4.12. The minimum absolute atomic E-state index is 0.0607. The maximum atomic E-state index is 12.8. The molecule has 1 rings (SSSR count). The van der Waals surface area contributed by atoms with E-state index in [1.165, 1.54) is 13.0 Å². The van der Waals surface area contributed by atoms with Crippen molar-refractivity contribution in [3.05, 3.63) is 34.4 Å². The zero-order chi connectivity index (χ0) is 14.8. The average molecular weight is 273 g/mol. The van der Waals surface area contributed by atoms with Gasteiger partial charge in [0.05, 0.1) is 5.56 Å². The summed E-state index contributed by atoms with van der Waals surface area (Å²) in [7, 11) is 0. The Bertz CT molecular complexity index is 532. The summed E-state index contributed by atoms with van der Waals surface area (Å²) in [6.45, 7) is 3.07. The van der Waals surface area contributed by atoms with Crippen LogP contribution in [0.5, 0.6) is 0 Å². The number of carbonyl (C=O) groups excluding carboxylic acids is 1. The van der Waals surface area contributed by atoms with Gasteiger partial charge in [-0.2, -0.15) is 18.2 Å². The van der Waals surface area contributed by atoms with Gasteiger partial charge in [-0.05, 0) is 30.5 Å². The molecular formula is C12H14F3N3O. The van der Waals surface area contributed by atoms with Crippen LogP contribution in [0.25, 0.3) is 0 Å². The Balaban J connectivity index is 3.46. The maximum Gasteiger partial charge on any atom is 0.416 e. The average Bonchev–Trinajstić information content (AvgIpc) is 2.25. The molecule has 7 heteroatoms. The number of alkyl halides is 3. The van der Waals surface area contributed by atoms with E-state index in [1.807, 2.05) is 0 Å². The maximum absolute atomic E-state index is 12.8. The zero-order valence-electron chi connectivity index (χ0n) is 10.5. The van der Waals surface area contributed by atoms with E-state index in [9.17, 15) is 18.0 Å². The highest BCUT2D eigenvalue weighted by Crippen LogP contribution is 2.33. The van der Waals surface area contributed by atoms with Gasteiger partial charge in [0.25, 0.3) is 5.91 Å². The van der Waals surface area contributed by atoms with Crippen LogP contribution < -0.4 is 11.5 Å². The van der Waals surface area contributed by atoms with Crippen LogP contribution in [0.3, 0.4) is 0 Å². The molecule has 1 aromatic carbocycles. The van der Waals surface area contributed by atoms with E-state index in [4.69, 9.17) is 11.5 Å². The second-order valence-electron chi connectivity index (χ2n) is 4.02. The molecule has 0 spiro atoms. The number of halogens is 3. The summed E-state index contributed by atoms with van der Waals surface area (Å²) in [6, 6.07) is 2.13. The highest BCUT2D eigenvalue weighted by Gasteiger charge is 2.33. The Hall–Kier alpha value is -2.05. The third kappa shape index (κ3) is 3.46. The molecule has 0 saturated carbocycles. The molecule has 0 bridgehead atoms. The zero-order valence-corrected chi connectivity index (χ0v) is 10.5. The van der Waals surface area contributed by atoms with Crippen molar-refractivity contribution in [3.8, 4) is 0 Å². The third-order valence-electron chi connectivity index (χ3n) is 2.60. The van der Waals surface area contributed by atoms with Gasteiger partial charge in [0.15, 0.2) is 5.96 Å². The molecule has 0 atom stereocenters. The first kappa shape index (κ1) is 15.0. The van der Waals surface area contributed by atoms with Crippen molar-refractivity contribution in [1.29, 1.82) is 0 Å². The molecule has 0 saturated heterocycles. The van der Waals surface area contributed by atoms with E-state index in [0.717, 1.165) is 6.07 Å². The minimum Gasteiger partial charge on any atom is -0.370 e. The van der Waals surface area contributed by atoms with Gasteiger partial charge in [-0.15, -0.1) is 0 Å². The van der Waals surface area contributed by atoms with E-state index in [2.05, 4.69) is 4.99 Å². The molecule has 1 aromatic rings.